The van der Waals surface area contributed by atoms with Crippen molar-refractivity contribution in [3.8, 4) is 0 Å². The summed E-state index contributed by atoms with van der Waals surface area (Å²) in [5, 5.41) is 3.36. The van der Waals surface area contributed by atoms with Gasteiger partial charge in [0.2, 0.25) is 0 Å². The smallest absolute Gasteiger partial charge is 0.314 e. The van der Waals surface area contributed by atoms with Gasteiger partial charge < -0.3 is 5.32 Å². The Morgan fingerprint density at radius 3 is 2.17 bits per heavy atom. The van der Waals surface area contributed by atoms with Crippen molar-refractivity contribution in [2.24, 2.45) is 5.41 Å². The first-order chi connectivity index (χ1) is 10.1. The highest BCUT2D eigenvalue weighted by atomic mass is 35.5. The maximum atomic E-state index is 13.5. The number of rotatable bonds is 2. The number of alkyl halides is 3. The zero-order valence-corrected chi connectivity index (χ0v) is 15.1. The van der Waals surface area contributed by atoms with Gasteiger partial charge in [0.05, 0.1) is 5.56 Å². The summed E-state index contributed by atoms with van der Waals surface area (Å²) in [6.45, 7) is 9.00. The SMILES string of the molecule is CC(C)(C)[C@H](c1ccc(Cl)cc1C(F)(F)F)N1CCNCC1.Cl. The molecule has 0 spiro atoms. The van der Waals surface area contributed by atoms with Crippen molar-refractivity contribution in [2.75, 3.05) is 26.2 Å². The fraction of sp³-hybridized carbons (Fsp3) is 0.625. The molecule has 1 aromatic rings. The van der Waals surface area contributed by atoms with Crippen LogP contribution in [0.2, 0.25) is 5.02 Å². The van der Waals surface area contributed by atoms with Crippen LogP contribution in [0.25, 0.3) is 0 Å². The molecule has 0 unspecified atom stereocenters. The molecule has 1 aliphatic rings. The molecule has 0 saturated carbocycles. The fourth-order valence-corrected chi connectivity index (χ4v) is 3.34. The van der Waals surface area contributed by atoms with E-state index >= 15 is 0 Å². The van der Waals surface area contributed by atoms with Gasteiger partial charge in [0.1, 0.15) is 0 Å². The van der Waals surface area contributed by atoms with Crippen molar-refractivity contribution >= 4 is 24.0 Å². The topological polar surface area (TPSA) is 15.3 Å². The maximum Gasteiger partial charge on any atom is 0.416 e. The quantitative estimate of drug-likeness (QED) is 0.806. The van der Waals surface area contributed by atoms with E-state index in [2.05, 4.69) is 10.2 Å². The van der Waals surface area contributed by atoms with Crippen LogP contribution >= 0.6 is 24.0 Å². The molecule has 7 heteroatoms. The van der Waals surface area contributed by atoms with Crippen LogP contribution in [0.1, 0.15) is 37.9 Å². The molecule has 132 valence electrons. The van der Waals surface area contributed by atoms with Gasteiger partial charge in [-0.25, -0.2) is 0 Å². The molecule has 1 atom stereocenters. The maximum absolute atomic E-state index is 13.5. The minimum absolute atomic E-state index is 0. The molecule has 1 fully saturated rings. The van der Waals surface area contributed by atoms with Crippen molar-refractivity contribution in [3.05, 3.63) is 34.3 Å². The first-order valence-corrected chi connectivity index (χ1v) is 7.80. The Morgan fingerprint density at radius 2 is 1.70 bits per heavy atom. The van der Waals surface area contributed by atoms with E-state index in [1.807, 2.05) is 20.8 Å². The number of hydrogen-bond acceptors (Lipinski definition) is 2. The van der Waals surface area contributed by atoms with Gasteiger partial charge in [-0.2, -0.15) is 13.2 Å². The molecule has 0 bridgehead atoms. The molecule has 0 aromatic heterocycles. The Labute approximate surface area is 146 Å². The van der Waals surface area contributed by atoms with E-state index in [9.17, 15) is 13.2 Å². The highest BCUT2D eigenvalue weighted by Crippen LogP contribution is 2.44. The first-order valence-electron chi connectivity index (χ1n) is 7.42. The van der Waals surface area contributed by atoms with Crippen molar-refractivity contribution in [1.82, 2.24) is 10.2 Å². The van der Waals surface area contributed by atoms with Gasteiger partial charge in [-0.15, -0.1) is 12.4 Å². The monoisotopic (exact) mass is 370 g/mol. The summed E-state index contributed by atoms with van der Waals surface area (Å²) in [4.78, 5) is 2.13. The van der Waals surface area contributed by atoms with Gasteiger partial charge >= 0.3 is 6.18 Å². The number of piperazine rings is 1. The molecule has 23 heavy (non-hydrogen) atoms. The number of hydrogen-bond donors (Lipinski definition) is 1. The lowest BCUT2D eigenvalue weighted by Crippen LogP contribution is -2.48. The zero-order chi connectivity index (χ0) is 16.5. The van der Waals surface area contributed by atoms with Gasteiger partial charge in [0, 0.05) is 37.2 Å². The molecule has 0 aliphatic carbocycles. The van der Waals surface area contributed by atoms with Crippen LogP contribution in [0.4, 0.5) is 13.2 Å². The highest BCUT2D eigenvalue weighted by molar-refractivity contribution is 6.30. The lowest BCUT2D eigenvalue weighted by molar-refractivity contribution is -0.139. The van der Waals surface area contributed by atoms with Crippen LogP contribution in [0.5, 0.6) is 0 Å². The number of nitrogens with one attached hydrogen (secondary N) is 1. The van der Waals surface area contributed by atoms with Crippen LogP contribution in [-0.2, 0) is 6.18 Å². The molecule has 1 N–H and O–H groups in total. The molecule has 0 radical (unpaired) electrons. The average molecular weight is 371 g/mol. The van der Waals surface area contributed by atoms with Crippen LogP contribution in [0, 0.1) is 5.41 Å². The number of halogens is 5. The Morgan fingerprint density at radius 1 is 1.13 bits per heavy atom. The van der Waals surface area contributed by atoms with Crippen molar-refractivity contribution in [3.63, 3.8) is 0 Å². The minimum Gasteiger partial charge on any atom is -0.314 e. The lowest BCUT2D eigenvalue weighted by Gasteiger charge is -2.43. The third-order valence-electron chi connectivity index (χ3n) is 3.95. The predicted octanol–water partition coefficient (Wildman–Crippen LogP) is 4.77. The lowest BCUT2D eigenvalue weighted by atomic mass is 9.79. The third kappa shape index (κ3) is 4.99. The Balaban J connectivity index is 0.00000264. The van der Waals surface area contributed by atoms with Gasteiger partial charge in [-0.3, -0.25) is 4.90 Å². The Kier molecular flexibility index (Phi) is 6.79. The summed E-state index contributed by atoms with van der Waals surface area (Å²) in [6.07, 6.45) is -4.40. The Hall–Kier alpha value is -0.490. The largest absolute Gasteiger partial charge is 0.416 e. The molecular weight excluding hydrogens is 348 g/mol. The first kappa shape index (κ1) is 20.6. The molecule has 2 rings (SSSR count). The second kappa shape index (κ2) is 7.60. The third-order valence-corrected chi connectivity index (χ3v) is 4.19. The standard InChI is InChI=1S/C16H22ClF3N2.ClH/c1-15(2,3)14(22-8-6-21-7-9-22)12-5-4-11(17)10-13(12)16(18,19)20;/h4-5,10,14,21H,6-9H2,1-3H3;1H/t14-;/m0./s1. The summed E-state index contributed by atoms with van der Waals surface area (Å²) < 4.78 is 40.4. The molecule has 2 nitrogen and oxygen atoms in total. The number of nitrogens with zero attached hydrogens (tertiary/aromatic N) is 1. The van der Waals surface area contributed by atoms with Crippen LogP contribution in [-0.4, -0.2) is 31.1 Å². The summed E-state index contributed by atoms with van der Waals surface area (Å²) in [7, 11) is 0. The van der Waals surface area contributed by atoms with Gasteiger partial charge in [0.25, 0.3) is 0 Å². The summed E-state index contributed by atoms with van der Waals surface area (Å²) in [6, 6.07) is 3.82. The van der Waals surface area contributed by atoms with E-state index in [1.165, 1.54) is 6.07 Å². The predicted molar refractivity (Wildman–Crippen MR) is 90.3 cm³/mol. The molecule has 1 aromatic carbocycles. The molecule has 1 saturated heterocycles. The minimum atomic E-state index is -4.40. The number of benzene rings is 1. The second-order valence-electron chi connectivity index (χ2n) is 6.78. The Bertz CT molecular complexity index is 521. The van der Waals surface area contributed by atoms with E-state index in [-0.39, 0.29) is 28.9 Å². The van der Waals surface area contributed by atoms with E-state index in [0.717, 1.165) is 32.2 Å². The van der Waals surface area contributed by atoms with E-state index < -0.39 is 11.7 Å². The van der Waals surface area contributed by atoms with Gasteiger partial charge in [-0.05, 0) is 23.1 Å². The molecule has 1 heterocycles. The van der Waals surface area contributed by atoms with Gasteiger partial charge in [-0.1, -0.05) is 38.4 Å². The fourth-order valence-electron chi connectivity index (χ4n) is 3.16. The average Bonchev–Trinajstić information content (AvgIpc) is 2.39. The van der Waals surface area contributed by atoms with E-state index in [0.29, 0.717) is 5.56 Å². The summed E-state index contributed by atoms with van der Waals surface area (Å²) in [5.41, 5.74) is -0.629. The van der Waals surface area contributed by atoms with Crippen molar-refractivity contribution in [1.29, 1.82) is 0 Å². The van der Waals surface area contributed by atoms with Gasteiger partial charge in [0.15, 0.2) is 0 Å². The summed E-state index contributed by atoms with van der Waals surface area (Å²) >= 11 is 5.80. The molecule has 0 amide bonds. The van der Waals surface area contributed by atoms with Crippen LogP contribution < -0.4 is 5.32 Å². The molecule has 1 aliphatic heterocycles. The zero-order valence-electron chi connectivity index (χ0n) is 13.5. The van der Waals surface area contributed by atoms with Crippen molar-refractivity contribution in [2.45, 2.75) is 33.0 Å². The van der Waals surface area contributed by atoms with E-state index in [1.54, 1.807) is 6.07 Å². The van der Waals surface area contributed by atoms with E-state index in [4.69, 9.17) is 11.6 Å². The highest BCUT2D eigenvalue weighted by Gasteiger charge is 2.40. The van der Waals surface area contributed by atoms with Crippen LogP contribution in [0.3, 0.4) is 0 Å². The van der Waals surface area contributed by atoms with Crippen molar-refractivity contribution < 1.29 is 13.2 Å². The summed E-state index contributed by atoms with van der Waals surface area (Å²) in [5.74, 6) is 0. The van der Waals surface area contributed by atoms with Crippen LogP contribution in [0.15, 0.2) is 18.2 Å². The second-order valence-corrected chi connectivity index (χ2v) is 7.22. The molecular formula is C16H23Cl2F3N2. The normalized spacial score (nSPS) is 18.4.